The Morgan fingerprint density at radius 1 is 1.23 bits per heavy atom. The summed E-state index contributed by atoms with van der Waals surface area (Å²) >= 11 is 0. The Balaban J connectivity index is 1.69. The highest BCUT2D eigenvalue weighted by molar-refractivity contribution is 5.39. The minimum Gasteiger partial charge on any atom is -0.506 e. The zero-order valence-electron chi connectivity index (χ0n) is 12.0. The molecule has 2 heterocycles. The molecule has 1 N–H and O–H groups in total. The van der Waals surface area contributed by atoms with Crippen LogP contribution in [-0.4, -0.2) is 27.0 Å². The van der Waals surface area contributed by atoms with Crippen LogP contribution in [0.4, 0.5) is 0 Å². The van der Waals surface area contributed by atoms with Gasteiger partial charge in [-0.3, -0.25) is 0 Å². The Morgan fingerprint density at radius 3 is 2.73 bits per heavy atom. The van der Waals surface area contributed by atoms with Crippen molar-refractivity contribution in [1.82, 2.24) is 14.8 Å². The molecule has 0 aliphatic rings. The van der Waals surface area contributed by atoms with Crippen LogP contribution >= 0.6 is 0 Å². The van der Waals surface area contributed by atoms with E-state index in [1.807, 2.05) is 36.5 Å². The van der Waals surface area contributed by atoms with E-state index in [4.69, 9.17) is 9.47 Å². The summed E-state index contributed by atoms with van der Waals surface area (Å²) in [4.78, 5) is 4.01. The van der Waals surface area contributed by atoms with Crippen LogP contribution in [0.25, 0.3) is 5.69 Å². The Morgan fingerprint density at radius 2 is 2.05 bits per heavy atom. The largest absolute Gasteiger partial charge is 0.506 e. The van der Waals surface area contributed by atoms with Gasteiger partial charge in [-0.15, -0.1) is 0 Å². The number of aromatic hydroxyl groups is 1. The van der Waals surface area contributed by atoms with Crippen molar-refractivity contribution >= 4 is 0 Å². The van der Waals surface area contributed by atoms with Gasteiger partial charge in [-0.1, -0.05) is 12.1 Å². The van der Waals surface area contributed by atoms with Crippen molar-refractivity contribution in [2.75, 3.05) is 7.11 Å². The van der Waals surface area contributed by atoms with Gasteiger partial charge in [-0.25, -0.2) is 9.67 Å². The van der Waals surface area contributed by atoms with E-state index in [1.54, 1.807) is 10.9 Å². The van der Waals surface area contributed by atoms with E-state index in [1.165, 1.54) is 19.4 Å². The van der Waals surface area contributed by atoms with E-state index >= 15 is 0 Å². The lowest BCUT2D eigenvalue weighted by atomic mass is 10.2. The van der Waals surface area contributed by atoms with Crippen LogP contribution in [0, 0.1) is 0 Å². The molecule has 3 aromatic rings. The maximum absolute atomic E-state index is 9.37. The quantitative estimate of drug-likeness (QED) is 0.783. The van der Waals surface area contributed by atoms with E-state index in [9.17, 15) is 5.11 Å². The SMILES string of the molecule is COc1cc(O)cnc1OCc1ccc(-n2cccn2)cc1. The first kappa shape index (κ1) is 13.9. The van der Waals surface area contributed by atoms with Crippen LogP contribution in [-0.2, 0) is 6.61 Å². The Labute approximate surface area is 127 Å². The van der Waals surface area contributed by atoms with E-state index in [0.717, 1.165) is 11.3 Å². The Kier molecular flexibility index (Phi) is 3.91. The van der Waals surface area contributed by atoms with Gasteiger partial charge in [0.05, 0.1) is 19.0 Å². The second kappa shape index (κ2) is 6.17. The molecule has 6 heteroatoms. The van der Waals surface area contributed by atoms with Crippen LogP contribution in [0.2, 0.25) is 0 Å². The molecule has 112 valence electrons. The van der Waals surface area contributed by atoms with Crippen molar-refractivity contribution in [1.29, 1.82) is 0 Å². The van der Waals surface area contributed by atoms with Gasteiger partial charge in [0.2, 0.25) is 0 Å². The summed E-state index contributed by atoms with van der Waals surface area (Å²) in [6, 6.07) is 11.2. The fourth-order valence-corrected chi connectivity index (χ4v) is 1.99. The lowest BCUT2D eigenvalue weighted by Crippen LogP contribution is -2.00. The number of ether oxygens (including phenoxy) is 2. The van der Waals surface area contributed by atoms with Crippen LogP contribution in [0.5, 0.6) is 17.4 Å². The maximum Gasteiger partial charge on any atom is 0.257 e. The van der Waals surface area contributed by atoms with Crippen molar-refractivity contribution in [2.45, 2.75) is 6.61 Å². The average Bonchev–Trinajstić information content (AvgIpc) is 3.08. The van der Waals surface area contributed by atoms with Gasteiger partial charge >= 0.3 is 0 Å². The summed E-state index contributed by atoms with van der Waals surface area (Å²) in [6.45, 7) is 0.355. The number of hydrogen-bond acceptors (Lipinski definition) is 5. The van der Waals surface area contributed by atoms with Crippen molar-refractivity contribution in [2.24, 2.45) is 0 Å². The van der Waals surface area contributed by atoms with E-state index in [-0.39, 0.29) is 5.75 Å². The molecule has 0 saturated carbocycles. The van der Waals surface area contributed by atoms with Gasteiger partial charge in [0.15, 0.2) is 5.75 Å². The van der Waals surface area contributed by atoms with Gasteiger partial charge in [0.25, 0.3) is 5.88 Å². The maximum atomic E-state index is 9.37. The van der Waals surface area contributed by atoms with Crippen LogP contribution < -0.4 is 9.47 Å². The normalized spacial score (nSPS) is 10.4. The highest BCUT2D eigenvalue weighted by atomic mass is 16.5. The molecule has 0 bridgehead atoms. The summed E-state index contributed by atoms with van der Waals surface area (Å²) in [5, 5.41) is 13.5. The zero-order chi connectivity index (χ0) is 15.4. The van der Waals surface area contributed by atoms with Gasteiger partial charge in [0, 0.05) is 18.5 Å². The van der Waals surface area contributed by atoms with Gasteiger partial charge in [-0.2, -0.15) is 5.10 Å². The lowest BCUT2D eigenvalue weighted by molar-refractivity contribution is 0.271. The van der Waals surface area contributed by atoms with Crippen molar-refractivity contribution in [3.63, 3.8) is 0 Å². The molecule has 3 rings (SSSR count). The van der Waals surface area contributed by atoms with E-state index in [2.05, 4.69) is 10.1 Å². The molecule has 1 aromatic carbocycles. The highest BCUT2D eigenvalue weighted by Gasteiger charge is 2.07. The predicted octanol–water partition coefficient (Wildman–Crippen LogP) is 2.56. The topological polar surface area (TPSA) is 69.4 Å². The number of nitrogens with zero attached hydrogens (tertiary/aromatic N) is 3. The molecule has 0 atom stereocenters. The standard InChI is InChI=1S/C16H15N3O3/c1-21-15-9-14(20)10-17-16(15)22-11-12-3-5-13(6-4-12)19-8-2-7-18-19/h2-10,20H,11H2,1H3. The first-order chi connectivity index (χ1) is 10.8. The first-order valence-corrected chi connectivity index (χ1v) is 6.71. The molecular formula is C16H15N3O3. The zero-order valence-corrected chi connectivity index (χ0v) is 12.0. The van der Waals surface area contributed by atoms with E-state index in [0.29, 0.717) is 18.2 Å². The minimum absolute atomic E-state index is 0.0350. The molecule has 6 nitrogen and oxygen atoms in total. The monoisotopic (exact) mass is 297 g/mol. The smallest absolute Gasteiger partial charge is 0.257 e. The lowest BCUT2D eigenvalue weighted by Gasteiger charge is -2.10. The fraction of sp³-hybridized carbons (Fsp3) is 0.125. The molecule has 0 fully saturated rings. The van der Waals surface area contributed by atoms with Crippen LogP contribution in [0.15, 0.2) is 55.0 Å². The molecule has 2 aromatic heterocycles. The first-order valence-electron chi connectivity index (χ1n) is 6.71. The number of methoxy groups -OCH3 is 1. The van der Waals surface area contributed by atoms with E-state index < -0.39 is 0 Å². The third-order valence-electron chi connectivity index (χ3n) is 3.10. The Hall–Kier alpha value is -3.02. The summed E-state index contributed by atoms with van der Waals surface area (Å²) in [5.74, 6) is 0.775. The summed E-state index contributed by atoms with van der Waals surface area (Å²) in [6.07, 6.45) is 4.94. The van der Waals surface area contributed by atoms with Crippen molar-refractivity contribution in [3.05, 3.63) is 60.6 Å². The summed E-state index contributed by atoms with van der Waals surface area (Å²) in [5.41, 5.74) is 1.97. The number of rotatable bonds is 5. The average molecular weight is 297 g/mol. The highest BCUT2D eigenvalue weighted by Crippen LogP contribution is 2.28. The van der Waals surface area contributed by atoms with Gasteiger partial charge in [-0.05, 0) is 23.8 Å². The second-order valence-corrected chi connectivity index (χ2v) is 4.61. The van der Waals surface area contributed by atoms with Gasteiger partial charge in [0.1, 0.15) is 12.4 Å². The molecule has 0 aliphatic heterocycles. The molecule has 0 unspecified atom stereocenters. The number of aromatic nitrogens is 3. The molecule has 0 saturated heterocycles. The van der Waals surface area contributed by atoms with Crippen LogP contribution in [0.1, 0.15) is 5.56 Å². The van der Waals surface area contributed by atoms with Crippen LogP contribution in [0.3, 0.4) is 0 Å². The third-order valence-corrected chi connectivity index (χ3v) is 3.10. The summed E-state index contributed by atoms with van der Waals surface area (Å²) < 4.78 is 12.5. The number of benzene rings is 1. The number of pyridine rings is 1. The van der Waals surface area contributed by atoms with Crippen molar-refractivity contribution in [3.8, 4) is 23.1 Å². The fourth-order valence-electron chi connectivity index (χ4n) is 1.99. The molecule has 0 spiro atoms. The molecule has 0 radical (unpaired) electrons. The second-order valence-electron chi connectivity index (χ2n) is 4.61. The summed E-state index contributed by atoms with van der Waals surface area (Å²) in [7, 11) is 1.50. The molecular weight excluding hydrogens is 282 g/mol. The number of hydrogen-bond donors (Lipinski definition) is 1. The predicted molar refractivity (Wildman–Crippen MR) is 80.3 cm³/mol. The van der Waals surface area contributed by atoms with Gasteiger partial charge < -0.3 is 14.6 Å². The molecule has 22 heavy (non-hydrogen) atoms. The van der Waals surface area contributed by atoms with Crippen molar-refractivity contribution < 1.29 is 14.6 Å². The molecule has 0 amide bonds. The minimum atomic E-state index is 0.0350. The third kappa shape index (κ3) is 3.01. The molecule has 0 aliphatic carbocycles. The Bertz CT molecular complexity index is 740.